The lowest BCUT2D eigenvalue weighted by atomic mass is 9.81. The van der Waals surface area contributed by atoms with Gasteiger partial charge in [0.05, 0.1) is 0 Å². The Balaban J connectivity index is 0.950. The number of fused-ring (bicyclic) bond motifs is 4. The minimum atomic E-state index is -0.190. The second-order valence-corrected chi connectivity index (χ2v) is 17.0. The normalized spacial score (nSPS) is 12.5. The Morgan fingerprint density at radius 2 is 0.597 bits per heavy atom. The minimum Gasteiger partial charge on any atom is -0.310 e. The smallest absolute Gasteiger partial charge is 0.0465 e. The molecule has 0 N–H and O–H groups in total. The van der Waals surface area contributed by atoms with E-state index in [1.165, 1.54) is 88.7 Å². The number of anilines is 3. The first kappa shape index (κ1) is 37.3. The van der Waals surface area contributed by atoms with Gasteiger partial charge >= 0.3 is 0 Å². The molecule has 1 nitrogen and oxygen atoms in total. The maximum absolute atomic E-state index is 2.43. The fourth-order valence-corrected chi connectivity index (χ4v) is 9.44. The van der Waals surface area contributed by atoms with Crippen LogP contribution in [0.5, 0.6) is 0 Å². The molecule has 1 heteroatoms. The van der Waals surface area contributed by atoms with Crippen LogP contribution in [-0.4, -0.2) is 0 Å². The zero-order chi connectivity index (χ0) is 41.6. The van der Waals surface area contributed by atoms with Crippen molar-refractivity contribution in [1.29, 1.82) is 0 Å². The van der Waals surface area contributed by atoms with Gasteiger partial charge in [-0.15, -0.1) is 0 Å². The van der Waals surface area contributed by atoms with Crippen molar-refractivity contribution >= 4 is 27.8 Å². The van der Waals surface area contributed by atoms with Crippen molar-refractivity contribution in [3.05, 3.63) is 248 Å². The summed E-state index contributed by atoms with van der Waals surface area (Å²) in [6.07, 6.45) is 0. The predicted octanol–water partition coefficient (Wildman–Crippen LogP) is 17.0. The van der Waals surface area contributed by atoms with Crippen molar-refractivity contribution in [3.63, 3.8) is 0 Å². The summed E-state index contributed by atoms with van der Waals surface area (Å²) in [6, 6.07) is 86.5. The van der Waals surface area contributed by atoms with Gasteiger partial charge in [-0.25, -0.2) is 0 Å². The van der Waals surface area contributed by atoms with E-state index in [-0.39, 0.29) is 5.41 Å². The van der Waals surface area contributed by atoms with E-state index in [2.05, 4.69) is 255 Å². The summed E-state index contributed by atoms with van der Waals surface area (Å²) >= 11 is 0. The van der Waals surface area contributed by atoms with Gasteiger partial charge < -0.3 is 4.90 Å². The Kier molecular flexibility index (Phi) is 9.24. The maximum atomic E-state index is 2.43. The lowest BCUT2D eigenvalue weighted by molar-refractivity contribution is 0.660. The van der Waals surface area contributed by atoms with Crippen LogP contribution in [0.25, 0.3) is 77.5 Å². The highest BCUT2D eigenvalue weighted by molar-refractivity contribution is 5.91. The van der Waals surface area contributed by atoms with Crippen LogP contribution in [0, 0.1) is 0 Å². The van der Waals surface area contributed by atoms with Gasteiger partial charge in [0.15, 0.2) is 0 Å². The zero-order valence-corrected chi connectivity index (χ0v) is 35.0. The van der Waals surface area contributed by atoms with Gasteiger partial charge in [0, 0.05) is 22.5 Å². The summed E-state index contributed by atoms with van der Waals surface area (Å²) in [6.45, 7) is 4.76. The second kappa shape index (κ2) is 15.4. The first-order valence-electron chi connectivity index (χ1n) is 21.6. The molecule has 62 heavy (non-hydrogen) atoms. The first-order chi connectivity index (χ1) is 30.5. The van der Waals surface area contributed by atoms with E-state index in [9.17, 15) is 0 Å². The predicted molar refractivity (Wildman–Crippen MR) is 263 cm³/mol. The summed E-state index contributed by atoms with van der Waals surface area (Å²) in [4.78, 5) is 2.41. The molecule has 1 aliphatic rings. The highest BCUT2D eigenvalue weighted by Crippen LogP contribution is 2.52. The van der Waals surface area contributed by atoms with Gasteiger partial charge in [0.1, 0.15) is 0 Å². The highest BCUT2D eigenvalue weighted by Gasteiger charge is 2.36. The van der Waals surface area contributed by atoms with Crippen molar-refractivity contribution in [2.75, 3.05) is 4.90 Å². The van der Waals surface area contributed by atoms with E-state index >= 15 is 0 Å². The molecule has 294 valence electrons. The molecule has 0 bridgehead atoms. The number of benzene rings is 10. The average molecular weight is 792 g/mol. The number of hydrogen-bond donors (Lipinski definition) is 0. The van der Waals surface area contributed by atoms with Crippen LogP contribution in [0.15, 0.2) is 237 Å². The molecule has 0 aliphatic heterocycles. The molecular weight excluding hydrogens is 747 g/mol. The van der Waals surface area contributed by atoms with E-state index in [4.69, 9.17) is 0 Å². The standard InChI is InChI=1S/C61H45N/c1-61(2)59-40-53(52-26-25-44-15-9-10-16-51(44)39-52)31-37-57(59)58-38-36-56(41-60(58)61)62(54-32-27-49(28-33-54)47-21-17-45(18-22-47)42-11-5-3-6-12-42)55-34-29-50(30-35-55)48-23-19-46(20-24-48)43-13-7-4-8-14-43/h3-41H,1-2H3. The molecule has 0 saturated carbocycles. The van der Waals surface area contributed by atoms with Crippen LogP contribution < -0.4 is 4.90 Å². The maximum Gasteiger partial charge on any atom is 0.0465 e. The van der Waals surface area contributed by atoms with Gasteiger partial charge in [-0.05, 0) is 137 Å². The lowest BCUT2D eigenvalue weighted by Crippen LogP contribution is -2.16. The number of hydrogen-bond acceptors (Lipinski definition) is 1. The highest BCUT2D eigenvalue weighted by atomic mass is 15.1. The molecule has 1 aliphatic carbocycles. The largest absolute Gasteiger partial charge is 0.310 e. The van der Waals surface area contributed by atoms with Crippen molar-refractivity contribution in [2.45, 2.75) is 19.3 Å². The Morgan fingerprint density at radius 1 is 0.258 bits per heavy atom. The minimum absolute atomic E-state index is 0.190. The van der Waals surface area contributed by atoms with Crippen molar-refractivity contribution in [1.82, 2.24) is 0 Å². The molecule has 0 radical (unpaired) electrons. The SMILES string of the molecule is CC1(C)c2cc(-c3ccc4ccccc4c3)ccc2-c2ccc(N(c3ccc(-c4ccc(-c5ccccc5)cc4)cc3)c3ccc(-c4ccc(-c5ccccc5)cc4)cc3)cc21. The molecule has 0 atom stereocenters. The molecule has 0 fully saturated rings. The number of nitrogens with zero attached hydrogens (tertiary/aromatic N) is 1. The van der Waals surface area contributed by atoms with Crippen molar-refractivity contribution < 1.29 is 0 Å². The average Bonchev–Trinajstić information content (AvgIpc) is 3.57. The van der Waals surface area contributed by atoms with Gasteiger partial charge in [-0.1, -0.05) is 202 Å². The zero-order valence-electron chi connectivity index (χ0n) is 35.0. The van der Waals surface area contributed by atoms with Gasteiger partial charge in [0.25, 0.3) is 0 Å². The van der Waals surface area contributed by atoms with Crippen LogP contribution in [0.3, 0.4) is 0 Å². The van der Waals surface area contributed by atoms with E-state index in [1.807, 2.05) is 0 Å². The van der Waals surface area contributed by atoms with E-state index in [0.717, 1.165) is 17.1 Å². The quantitative estimate of drug-likeness (QED) is 0.148. The molecule has 11 rings (SSSR count). The van der Waals surface area contributed by atoms with Crippen LogP contribution >= 0.6 is 0 Å². The first-order valence-corrected chi connectivity index (χ1v) is 21.6. The Labute approximate surface area is 364 Å². The van der Waals surface area contributed by atoms with Crippen LogP contribution in [0.2, 0.25) is 0 Å². The molecular formula is C61H45N. The molecule has 0 amide bonds. The second-order valence-electron chi connectivity index (χ2n) is 17.0. The fourth-order valence-electron chi connectivity index (χ4n) is 9.44. The van der Waals surface area contributed by atoms with E-state index < -0.39 is 0 Å². The molecule has 0 saturated heterocycles. The molecule has 0 heterocycles. The van der Waals surface area contributed by atoms with Crippen LogP contribution in [-0.2, 0) is 5.41 Å². The van der Waals surface area contributed by atoms with Gasteiger partial charge in [-0.3, -0.25) is 0 Å². The van der Waals surface area contributed by atoms with E-state index in [1.54, 1.807) is 0 Å². The Hall–Kier alpha value is -7.74. The van der Waals surface area contributed by atoms with Gasteiger partial charge in [0.2, 0.25) is 0 Å². The van der Waals surface area contributed by atoms with Crippen molar-refractivity contribution in [3.8, 4) is 66.8 Å². The summed E-state index contributed by atoms with van der Waals surface area (Å²) in [5.74, 6) is 0. The molecule has 0 unspecified atom stereocenters. The molecule has 10 aromatic rings. The van der Waals surface area contributed by atoms with Crippen LogP contribution in [0.4, 0.5) is 17.1 Å². The topological polar surface area (TPSA) is 3.24 Å². The summed E-state index contributed by atoms with van der Waals surface area (Å²) < 4.78 is 0. The third-order valence-electron chi connectivity index (χ3n) is 12.9. The lowest BCUT2D eigenvalue weighted by Gasteiger charge is -2.28. The third kappa shape index (κ3) is 6.79. The molecule has 0 spiro atoms. The fraction of sp³-hybridized carbons (Fsp3) is 0.0492. The number of rotatable bonds is 8. The Morgan fingerprint density at radius 3 is 1.10 bits per heavy atom. The Bertz CT molecular complexity index is 3070. The molecule has 10 aromatic carbocycles. The van der Waals surface area contributed by atoms with E-state index in [0.29, 0.717) is 0 Å². The molecule has 0 aromatic heterocycles. The third-order valence-corrected chi connectivity index (χ3v) is 12.9. The summed E-state index contributed by atoms with van der Waals surface area (Å²) in [7, 11) is 0. The summed E-state index contributed by atoms with van der Waals surface area (Å²) in [5.41, 5.74) is 20.7. The monoisotopic (exact) mass is 791 g/mol. The van der Waals surface area contributed by atoms with Crippen LogP contribution in [0.1, 0.15) is 25.0 Å². The summed E-state index contributed by atoms with van der Waals surface area (Å²) in [5, 5.41) is 2.53. The van der Waals surface area contributed by atoms with Gasteiger partial charge in [-0.2, -0.15) is 0 Å². The van der Waals surface area contributed by atoms with Crippen molar-refractivity contribution in [2.24, 2.45) is 0 Å².